The van der Waals surface area contributed by atoms with Crippen LogP contribution >= 0.6 is 0 Å². The second kappa shape index (κ2) is 7.78. The van der Waals surface area contributed by atoms with E-state index in [0.29, 0.717) is 18.4 Å². The van der Waals surface area contributed by atoms with Crippen LogP contribution in [0.5, 0.6) is 0 Å². The zero-order valence-electron chi connectivity index (χ0n) is 17.1. The van der Waals surface area contributed by atoms with E-state index in [9.17, 15) is 9.70 Å². The number of likely N-dealkylation sites (tertiary alicyclic amines) is 2. The van der Waals surface area contributed by atoms with E-state index in [2.05, 4.69) is 40.4 Å². The fourth-order valence-corrected chi connectivity index (χ4v) is 4.97. The number of rotatable bonds is 6. The standard InChI is InChI=1S/C23H31N3O2/c1-23(2,24-28)22(27)26-15-19-9-10-20(21(19)16-26)18-7-5-17(6-8-18)11-14-25-12-3-4-13-25/h5-8,10,19,21H,3-4,9,11-16H2,1-2H3. The fraction of sp³-hybridized carbons (Fsp3) is 0.609. The van der Waals surface area contributed by atoms with Crippen LogP contribution in [0.1, 0.15) is 44.2 Å². The molecule has 2 unspecified atom stereocenters. The van der Waals surface area contributed by atoms with E-state index < -0.39 is 5.54 Å². The van der Waals surface area contributed by atoms with Gasteiger partial charge in [-0.25, -0.2) is 0 Å². The largest absolute Gasteiger partial charge is 0.340 e. The van der Waals surface area contributed by atoms with Crippen LogP contribution in [-0.2, 0) is 11.2 Å². The molecule has 2 aliphatic heterocycles. The molecule has 0 radical (unpaired) electrons. The minimum atomic E-state index is -1.17. The number of carbonyl (C=O) groups is 1. The monoisotopic (exact) mass is 381 g/mol. The summed E-state index contributed by atoms with van der Waals surface area (Å²) in [6.45, 7) is 8.30. The number of hydrogen-bond acceptors (Lipinski definition) is 4. The molecule has 0 spiro atoms. The average Bonchev–Trinajstić information content (AvgIpc) is 3.43. The van der Waals surface area contributed by atoms with Gasteiger partial charge in [-0.2, -0.15) is 0 Å². The molecule has 0 N–H and O–H groups in total. The van der Waals surface area contributed by atoms with Gasteiger partial charge in [-0.15, -0.1) is 4.91 Å². The molecule has 2 heterocycles. The zero-order chi connectivity index (χ0) is 19.7. The summed E-state index contributed by atoms with van der Waals surface area (Å²) >= 11 is 0. The first-order valence-electron chi connectivity index (χ1n) is 10.6. The van der Waals surface area contributed by atoms with Gasteiger partial charge in [0.05, 0.1) is 0 Å². The maximum atomic E-state index is 12.6. The van der Waals surface area contributed by atoms with Crippen molar-refractivity contribution in [1.29, 1.82) is 0 Å². The molecule has 1 aliphatic carbocycles. The number of fused-ring (bicyclic) bond motifs is 1. The normalized spacial score (nSPS) is 25.1. The number of carbonyl (C=O) groups excluding carboxylic acids is 1. The van der Waals surface area contributed by atoms with Gasteiger partial charge in [-0.3, -0.25) is 4.79 Å². The predicted molar refractivity (Wildman–Crippen MR) is 112 cm³/mol. The minimum Gasteiger partial charge on any atom is -0.340 e. The maximum absolute atomic E-state index is 12.6. The van der Waals surface area contributed by atoms with Gasteiger partial charge in [0.15, 0.2) is 5.54 Å². The summed E-state index contributed by atoms with van der Waals surface area (Å²) < 4.78 is 0. The Balaban J connectivity index is 1.38. The van der Waals surface area contributed by atoms with Crippen molar-refractivity contribution in [2.24, 2.45) is 17.0 Å². The molecule has 28 heavy (non-hydrogen) atoms. The number of nitroso groups, excluding NO2 is 1. The minimum absolute atomic E-state index is 0.145. The molecule has 4 rings (SSSR count). The molecular formula is C23H31N3O2. The molecule has 1 amide bonds. The first-order valence-corrected chi connectivity index (χ1v) is 10.6. The van der Waals surface area contributed by atoms with Gasteiger partial charge in [0.1, 0.15) is 0 Å². The summed E-state index contributed by atoms with van der Waals surface area (Å²) in [5, 5.41) is 3.03. The Morgan fingerprint density at radius 1 is 1.14 bits per heavy atom. The average molecular weight is 382 g/mol. The highest BCUT2D eigenvalue weighted by atomic mass is 16.3. The van der Waals surface area contributed by atoms with Crippen molar-refractivity contribution in [2.75, 3.05) is 32.7 Å². The lowest BCUT2D eigenvalue weighted by molar-refractivity contribution is -0.134. The lowest BCUT2D eigenvalue weighted by Gasteiger charge is -2.24. The van der Waals surface area contributed by atoms with E-state index in [1.165, 1.54) is 42.6 Å². The van der Waals surface area contributed by atoms with Crippen molar-refractivity contribution >= 4 is 11.5 Å². The Hall–Kier alpha value is -2.01. The van der Waals surface area contributed by atoms with Gasteiger partial charge in [-0.1, -0.05) is 35.5 Å². The van der Waals surface area contributed by atoms with Crippen LogP contribution in [0.4, 0.5) is 0 Å². The summed E-state index contributed by atoms with van der Waals surface area (Å²) in [7, 11) is 0. The Morgan fingerprint density at radius 3 is 2.54 bits per heavy atom. The van der Waals surface area contributed by atoms with Gasteiger partial charge < -0.3 is 9.80 Å². The molecule has 1 aromatic rings. The molecular weight excluding hydrogens is 350 g/mol. The quantitative estimate of drug-likeness (QED) is 0.706. The van der Waals surface area contributed by atoms with E-state index in [4.69, 9.17) is 0 Å². The van der Waals surface area contributed by atoms with E-state index in [1.54, 1.807) is 13.8 Å². The highest BCUT2D eigenvalue weighted by molar-refractivity contribution is 5.86. The van der Waals surface area contributed by atoms with Gasteiger partial charge >= 0.3 is 0 Å². The smallest absolute Gasteiger partial charge is 0.253 e. The first kappa shape index (κ1) is 19.3. The Kier molecular flexibility index (Phi) is 5.37. The zero-order valence-corrected chi connectivity index (χ0v) is 17.1. The van der Waals surface area contributed by atoms with Gasteiger partial charge in [0.2, 0.25) is 0 Å². The molecule has 2 saturated heterocycles. The van der Waals surface area contributed by atoms with Crippen LogP contribution in [-0.4, -0.2) is 54.0 Å². The predicted octanol–water partition coefficient (Wildman–Crippen LogP) is 3.73. The van der Waals surface area contributed by atoms with Crippen LogP contribution in [0.15, 0.2) is 35.5 Å². The van der Waals surface area contributed by atoms with Crippen LogP contribution in [0.3, 0.4) is 0 Å². The Bertz CT molecular complexity index is 763. The fourth-order valence-electron chi connectivity index (χ4n) is 4.97. The van der Waals surface area contributed by atoms with Crippen LogP contribution in [0.2, 0.25) is 0 Å². The van der Waals surface area contributed by atoms with Crippen molar-refractivity contribution in [2.45, 2.75) is 45.1 Å². The SMILES string of the molecule is CC(C)(N=O)C(=O)N1CC2CC=C(c3ccc(CCN4CCCC4)cc3)C2C1. The number of hydrogen-bond donors (Lipinski definition) is 0. The third kappa shape index (κ3) is 3.77. The van der Waals surface area contributed by atoms with Crippen LogP contribution < -0.4 is 0 Å². The van der Waals surface area contributed by atoms with Crippen molar-refractivity contribution in [3.63, 3.8) is 0 Å². The topological polar surface area (TPSA) is 53.0 Å². The second-order valence-electron chi connectivity index (χ2n) is 9.12. The molecule has 2 fully saturated rings. The van der Waals surface area contributed by atoms with Crippen LogP contribution in [0, 0.1) is 16.7 Å². The summed E-state index contributed by atoms with van der Waals surface area (Å²) in [6.07, 6.45) is 7.15. The van der Waals surface area contributed by atoms with Crippen molar-refractivity contribution in [3.05, 3.63) is 46.4 Å². The van der Waals surface area contributed by atoms with E-state index in [1.807, 2.05) is 4.90 Å². The molecule has 0 aromatic heterocycles. The maximum Gasteiger partial charge on any atom is 0.253 e. The molecule has 5 nitrogen and oxygen atoms in total. The number of nitrogens with zero attached hydrogens (tertiary/aromatic N) is 3. The third-order valence-corrected chi connectivity index (χ3v) is 6.72. The lowest BCUT2D eigenvalue weighted by atomic mass is 9.90. The summed E-state index contributed by atoms with van der Waals surface area (Å²) in [5.74, 6) is 0.701. The lowest BCUT2D eigenvalue weighted by Crippen LogP contribution is -2.43. The Labute approximate surface area is 167 Å². The third-order valence-electron chi connectivity index (χ3n) is 6.72. The van der Waals surface area contributed by atoms with Crippen LogP contribution in [0.25, 0.3) is 5.57 Å². The van der Waals surface area contributed by atoms with Gasteiger partial charge in [-0.05, 0) is 75.2 Å². The molecule has 2 atom stereocenters. The summed E-state index contributed by atoms with van der Waals surface area (Å²) in [5.41, 5.74) is 2.87. The number of allylic oxidation sites excluding steroid dienone is 1. The van der Waals surface area contributed by atoms with Gasteiger partial charge in [0, 0.05) is 25.6 Å². The molecule has 150 valence electrons. The van der Waals surface area contributed by atoms with Gasteiger partial charge in [0.25, 0.3) is 5.91 Å². The van der Waals surface area contributed by atoms with E-state index in [-0.39, 0.29) is 5.91 Å². The molecule has 5 heteroatoms. The first-order chi connectivity index (χ1) is 13.5. The molecule has 3 aliphatic rings. The van der Waals surface area contributed by atoms with Crippen molar-refractivity contribution in [3.8, 4) is 0 Å². The van der Waals surface area contributed by atoms with Crippen molar-refractivity contribution < 1.29 is 4.79 Å². The Morgan fingerprint density at radius 2 is 1.86 bits per heavy atom. The molecule has 0 bridgehead atoms. The number of benzene rings is 1. The van der Waals surface area contributed by atoms with Crippen molar-refractivity contribution in [1.82, 2.24) is 9.80 Å². The number of amides is 1. The van der Waals surface area contributed by atoms with E-state index in [0.717, 1.165) is 25.9 Å². The highest BCUT2D eigenvalue weighted by Crippen LogP contribution is 2.43. The van der Waals surface area contributed by atoms with E-state index >= 15 is 0 Å². The second-order valence-corrected chi connectivity index (χ2v) is 9.12. The highest BCUT2D eigenvalue weighted by Gasteiger charge is 2.44. The summed E-state index contributed by atoms with van der Waals surface area (Å²) in [6, 6.07) is 9.01. The molecule has 1 aromatic carbocycles. The molecule has 0 saturated carbocycles. The summed E-state index contributed by atoms with van der Waals surface area (Å²) in [4.78, 5) is 28.0.